The molecule has 0 aliphatic rings. The quantitative estimate of drug-likeness (QED) is 0.425. The molecule has 1 nitrogen and oxygen atoms in total. The van der Waals surface area contributed by atoms with Gasteiger partial charge in [0.2, 0.25) is 0 Å². The van der Waals surface area contributed by atoms with Gasteiger partial charge >= 0.3 is 0 Å². The summed E-state index contributed by atoms with van der Waals surface area (Å²) < 4.78 is 0. The average molecular weight is 151 g/mol. The zero-order valence-corrected chi connectivity index (χ0v) is 7.89. The molecule has 0 radical (unpaired) electrons. The van der Waals surface area contributed by atoms with Gasteiger partial charge in [-0.05, 0) is 17.1 Å². The Bertz CT molecular complexity index is 180. The van der Waals surface area contributed by atoms with Gasteiger partial charge in [-0.3, -0.25) is 4.99 Å². The summed E-state index contributed by atoms with van der Waals surface area (Å²) in [6.45, 7) is 10.4. The molecule has 0 aliphatic carbocycles. The molecule has 0 fully saturated rings. The van der Waals surface area contributed by atoms with Crippen molar-refractivity contribution in [2.45, 2.75) is 20.8 Å². The zero-order valence-electron chi connectivity index (χ0n) is 7.89. The SMILES string of the molecule is C=C(/C=C\C=NC)C(C)(C)C. The largest absolute Gasteiger partial charge is 0.297 e. The Morgan fingerprint density at radius 1 is 1.36 bits per heavy atom. The van der Waals surface area contributed by atoms with Crippen molar-refractivity contribution in [1.82, 2.24) is 0 Å². The van der Waals surface area contributed by atoms with Crippen LogP contribution in [-0.2, 0) is 0 Å². The number of aliphatic imine (C=N–C) groups is 1. The Kier molecular flexibility index (Phi) is 3.80. The van der Waals surface area contributed by atoms with Crippen LogP contribution in [-0.4, -0.2) is 13.3 Å². The van der Waals surface area contributed by atoms with E-state index in [2.05, 4.69) is 32.3 Å². The van der Waals surface area contributed by atoms with Crippen LogP contribution in [0.3, 0.4) is 0 Å². The Labute approximate surface area is 69.5 Å². The second-order valence-electron chi connectivity index (χ2n) is 3.54. The highest BCUT2D eigenvalue weighted by atomic mass is 14.6. The van der Waals surface area contributed by atoms with Gasteiger partial charge in [-0.15, -0.1) is 0 Å². The molecule has 0 saturated carbocycles. The van der Waals surface area contributed by atoms with E-state index < -0.39 is 0 Å². The lowest BCUT2D eigenvalue weighted by Crippen LogP contribution is -2.05. The summed E-state index contributed by atoms with van der Waals surface area (Å²) in [6.07, 6.45) is 5.66. The van der Waals surface area contributed by atoms with E-state index in [1.54, 1.807) is 13.3 Å². The van der Waals surface area contributed by atoms with Crippen molar-refractivity contribution >= 4 is 6.21 Å². The molecule has 1 heteroatoms. The predicted molar refractivity (Wildman–Crippen MR) is 52.2 cm³/mol. The fourth-order valence-corrected chi connectivity index (χ4v) is 0.495. The molecule has 0 spiro atoms. The number of hydrogen-bond donors (Lipinski definition) is 0. The van der Waals surface area contributed by atoms with Gasteiger partial charge in [0.25, 0.3) is 0 Å². The summed E-state index contributed by atoms with van der Waals surface area (Å²) in [5.41, 5.74) is 1.29. The zero-order chi connectivity index (χ0) is 8.91. The van der Waals surface area contributed by atoms with Gasteiger partial charge in [0, 0.05) is 13.3 Å². The third kappa shape index (κ3) is 4.54. The Morgan fingerprint density at radius 3 is 2.27 bits per heavy atom. The Hall–Kier alpha value is -0.850. The molecular formula is C10H17N. The minimum absolute atomic E-state index is 0.165. The molecule has 0 N–H and O–H groups in total. The third-order valence-electron chi connectivity index (χ3n) is 1.50. The van der Waals surface area contributed by atoms with Crippen molar-refractivity contribution in [3.8, 4) is 0 Å². The minimum Gasteiger partial charge on any atom is -0.297 e. The van der Waals surface area contributed by atoms with Crippen LogP contribution in [0.2, 0.25) is 0 Å². The molecule has 0 aromatic heterocycles. The van der Waals surface area contributed by atoms with E-state index in [9.17, 15) is 0 Å². The van der Waals surface area contributed by atoms with E-state index >= 15 is 0 Å². The Balaban J connectivity index is 4.08. The third-order valence-corrected chi connectivity index (χ3v) is 1.50. The molecule has 0 amide bonds. The van der Waals surface area contributed by atoms with Gasteiger partial charge in [0.05, 0.1) is 0 Å². The smallest absolute Gasteiger partial charge is 0.0277 e. The van der Waals surface area contributed by atoms with E-state index in [4.69, 9.17) is 0 Å². The molecule has 0 aromatic carbocycles. The molecular weight excluding hydrogens is 134 g/mol. The maximum atomic E-state index is 3.95. The van der Waals surface area contributed by atoms with E-state index in [1.165, 1.54) is 0 Å². The van der Waals surface area contributed by atoms with Crippen molar-refractivity contribution in [3.63, 3.8) is 0 Å². The maximum absolute atomic E-state index is 3.95. The van der Waals surface area contributed by atoms with Gasteiger partial charge in [-0.25, -0.2) is 0 Å². The van der Waals surface area contributed by atoms with Crippen LogP contribution in [0.15, 0.2) is 29.3 Å². The van der Waals surface area contributed by atoms with Crippen molar-refractivity contribution < 1.29 is 0 Å². The number of allylic oxidation sites excluding steroid dienone is 3. The van der Waals surface area contributed by atoms with Crippen LogP contribution in [0.5, 0.6) is 0 Å². The topological polar surface area (TPSA) is 12.4 Å². The summed E-state index contributed by atoms with van der Waals surface area (Å²) in [5.74, 6) is 0. The standard InChI is InChI=1S/C10H17N/c1-9(10(2,3)4)7-6-8-11-5/h6-8H,1H2,2-5H3/b7-6-,11-8?. The van der Waals surface area contributed by atoms with Crippen LogP contribution >= 0.6 is 0 Å². The predicted octanol–water partition coefficient (Wildman–Crippen LogP) is 2.85. The van der Waals surface area contributed by atoms with Gasteiger partial charge in [0.15, 0.2) is 0 Å². The van der Waals surface area contributed by atoms with Crippen molar-refractivity contribution in [2.75, 3.05) is 7.05 Å². The van der Waals surface area contributed by atoms with Crippen LogP contribution in [0.1, 0.15) is 20.8 Å². The molecule has 62 valence electrons. The lowest BCUT2D eigenvalue weighted by Gasteiger charge is -2.18. The lowest BCUT2D eigenvalue weighted by atomic mass is 9.87. The van der Waals surface area contributed by atoms with E-state index in [0.29, 0.717) is 0 Å². The molecule has 0 bridgehead atoms. The summed E-state index contributed by atoms with van der Waals surface area (Å²) in [4.78, 5) is 3.84. The first-order valence-corrected chi connectivity index (χ1v) is 3.76. The average Bonchev–Trinajstić information content (AvgIpc) is 1.86. The van der Waals surface area contributed by atoms with E-state index in [1.807, 2.05) is 12.2 Å². The molecule has 0 heterocycles. The number of hydrogen-bond acceptors (Lipinski definition) is 1. The summed E-state index contributed by atoms with van der Waals surface area (Å²) in [5, 5.41) is 0. The molecule has 0 atom stereocenters. The molecule has 0 unspecified atom stereocenters. The second kappa shape index (κ2) is 4.12. The van der Waals surface area contributed by atoms with Crippen molar-refractivity contribution in [3.05, 3.63) is 24.3 Å². The normalized spacial score (nSPS) is 13.1. The number of rotatable bonds is 2. The highest BCUT2D eigenvalue weighted by Gasteiger charge is 2.10. The van der Waals surface area contributed by atoms with E-state index in [0.717, 1.165) is 5.57 Å². The summed E-state index contributed by atoms with van der Waals surface area (Å²) in [6, 6.07) is 0. The first kappa shape index (κ1) is 10.2. The highest BCUT2D eigenvalue weighted by molar-refractivity contribution is 5.71. The molecule has 11 heavy (non-hydrogen) atoms. The summed E-state index contributed by atoms with van der Waals surface area (Å²) in [7, 11) is 1.75. The minimum atomic E-state index is 0.165. The Morgan fingerprint density at radius 2 is 1.91 bits per heavy atom. The van der Waals surface area contributed by atoms with Crippen LogP contribution in [0.4, 0.5) is 0 Å². The number of nitrogens with zero attached hydrogens (tertiary/aromatic N) is 1. The second-order valence-corrected chi connectivity index (χ2v) is 3.54. The van der Waals surface area contributed by atoms with Crippen molar-refractivity contribution in [1.29, 1.82) is 0 Å². The first-order chi connectivity index (χ1) is 4.98. The van der Waals surface area contributed by atoms with Gasteiger partial charge in [0.1, 0.15) is 0 Å². The van der Waals surface area contributed by atoms with Gasteiger partial charge in [-0.1, -0.05) is 33.4 Å². The van der Waals surface area contributed by atoms with Gasteiger partial charge < -0.3 is 0 Å². The van der Waals surface area contributed by atoms with E-state index in [-0.39, 0.29) is 5.41 Å². The fraction of sp³-hybridized carbons (Fsp3) is 0.500. The first-order valence-electron chi connectivity index (χ1n) is 3.76. The maximum Gasteiger partial charge on any atom is 0.0277 e. The molecule has 0 rings (SSSR count). The summed E-state index contributed by atoms with van der Waals surface area (Å²) >= 11 is 0. The van der Waals surface area contributed by atoms with Crippen LogP contribution in [0.25, 0.3) is 0 Å². The van der Waals surface area contributed by atoms with Crippen molar-refractivity contribution in [2.24, 2.45) is 10.4 Å². The molecule has 0 saturated heterocycles. The molecule has 0 aromatic rings. The fourth-order valence-electron chi connectivity index (χ4n) is 0.495. The monoisotopic (exact) mass is 151 g/mol. The van der Waals surface area contributed by atoms with Crippen LogP contribution < -0.4 is 0 Å². The molecule has 0 aliphatic heterocycles. The lowest BCUT2D eigenvalue weighted by molar-refractivity contribution is 0.519. The van der Waals surface area contributed by atoms with Gasteiger partial charge in [-0.2, -0.15) is 0 Å². The highest BCUT2D eigenvalue weighted by Crippen LogP contribution is 2.23. The van der Waals surface area contributed by atoms with Crippen LogP contribution in [0, 0.1) is 5.41 Å².